The highest BCUT2D eigenvalue weighted by Gasteiger charge is 2.54. The second kappa shape index (κ2) is 12.1. The number of fused-ring (bicyclic) bond motifs is 1. The van der Waals surface area contributed by atoms with Crippen molar-refractivity contribution in [3.05, 3.63) is 46.1 Å². The lowest BCUT2D eigenvalue weighted by Crippen LogP contribution is -2.71. The Balaban J connectivity index is 1.29. The first-order chi connectivity index (χ1) is 20.5. The number of carboxylic acids is 2. The summed E-state index contributed by atoms with van der Waals surface area (Å²) in [6.07, 6.45) is 1.67. The van der Waals surface area contributed by atoms with Crippen LogP contribution < -0.4 is 16.4 Å². The minimum atomic E-state index is -1.58. The SMILES string of the molecule is Nc1nc(/C(=N/OC2(C(=O)O)CCCC2)C(=O)NC2C(=O)N3C(C(=O)O)=C(CNCc4ccc(O)c(O)c4)CS[C@@H]23)cs1. The maximum absolute atomic E-state index is 13.4. The van der Waals surface area contributed by atoms with Crippen molar-refractivity contribution in [1.29, 1.82) is 0 Å². The molecule has 1 aromatic heterocycles. The van der Waals surface area contributed by atoms with Crippen LogP contribution in [0.4, 0.5) is 5.13 Å². The number of hydrogen-bond donors (Lipinski definition) is 7. The fourth-order valence-electron chi connectivity index (χ4n) is 5.09. The number of nitrogens with zero attached hydrogens (tertiary/aromatic N) is 3. The lowest BCUT2D eigenvalue weighted by Gasteiger charge is -2.49. The second-order valence-corrected chi connectivity index (χ2v) is 12.1. The van der Waals surface area contributed by atoms with Crippen LogP contribution in [0.5, 0.6) is 11.5 Å². The Kier molecular flexibility index (Phi) is 8.48. The Hall–Kier alpha value is -4.35. The number of aromatic nitrogens is 1. The van der Waals surface area contributed by atoms with Gasteiger partial charge in [0.15, 0.2) is 22.3 Å². The first-order valence-corrected chi connectivity index (χ1v) is 15.1. The molecule has 1 saturated carbocycles. The molecule has 228 valence electrons. The van der Waals surface area contributed by atoms with Gasteiger partial charge < -0.3 is 41.6 Å². The van der Waals surface area contributed by atoms with Crippen LogP contribution >= 0.6 is 23.1 Å². The molecule has 1 aromatic carbocycles. The summed E-state index contributed by atoms with van der Waals surface area (Å²) in [6, 6.07) is 3.24. The van der Waals surface area contributed by atoms with Gasteiger partial charge in [0, 0.05) is 37.1 Å². The fraction of sp³-hybridized carbons (Fsp3) is 0.385. The van der Waals surface area contributed by atoms with Gasteiger partial charge in [-0.1, -0.05) is 11.2 Å². The van der Waals surface area contributed by atoms with E-state index in [0.29, 0.717) is 24.0 Å². The van der Waals surface area contributed by atoms with Gasteiger partial charge in [-0.25, -0.2) is 14.6 Å². The van der Waals surface area contributed by atoms with Gasteiger partial charge in [-0.3, -0.25) is 14.5 Å². The number of phenols is 2. The maximum atomic E-state index is 13.4. The van der Waals surface area contributed by atoms with Crippen molar-refractivity contribution in [2.45, 2.75) is 49.2 Å². The molecule has 0 spiro atoms. The van der Waals surface area contributed by atoms with Crippen LogP contribution in [0.25, 0.3) is 0 Å². The number of benzene rings is 1. The van der Waals surface area contributed by atoms with Gasteiger partial charge in [0.2, 0.25) is 5.60 Å². The van der Waals surface area contributed by atoms with Crippen LogP contribution in [-0.2, 0) is 30.6 Å². The van der Waals surface area contributed by atoms with Crippen LogP contribution in [0, 0.1) is 0 Å². The summed E-state index contributed by atoms with van der Waals surface area (Å²) in [4.78, 5) is 61.3. The normalized spacial score (nSPS) is 21.3. The number of nitrogen functional groups attached to an aromatic ring is 1. The number of phenolic OH excluding ortho intramolecular Hbond substituents is 2. The summed E-state index contributed by atoms with van der Waals surface area (Å²) in [5.41, 5.74) is 4.76. The third-order valence-electron chi connectivity index (χ3n) is 7.34. The number of aliphatic carboxylic acids is 2. The average Bonchev–Trinajstić information content (AvgIpc) is 3.63. The summed E-state index contributed by atoms with van der Waals surface area (Å²) >= 11 is 2.30. The van der Waals surface area contributed by atoms with E-state index in [1.807, 2.05) is 0 Å². The quantitative estimate of drug-likeness (QED) is 0.0786. The first kappa shape index (κ1) is 30.1. The number of hydrogen-bond acceptors (Lipinski definition) is 13. The predicted octanol–water partition coefficient (Wildman–Crippen LogP) is 0.783. The standard InChI is InChI=1S/C26H28N6O9S2/c27-25-29-14(11-43-25)17(31-41-26(24(39)40)5-1-2-6-26)20(35)30-18-21(36)32-19(23(37)38)13(10-42-22(18)32)9-28-8-12-3-4-15(33)16(34)7-12/h3-4,7,11,18,22,28,33-34H,1-2,5-6,8-10H2,(H2,27,29)(H,30,35)(H,37,38)(H,39,40)/b31-17-/t18?,22-/m0/s1. The highest BCUT2D eigenvalue weighted by molar-refractivity contribution is 8.00. The van der Waals surface area contributed by atoms with Gasteiger partial charge in [0.1, 0.15) is 22.8 Å². The zero-order valence-electron chi connectivity index (χ0n) is 22.5. The number of nitrogens with two attached hydrogens (primary N) is 1. The summed E-state index contributed by atoms with van der Waals surface area (Å²) in [5.74, 6) is -4.28. The third-order valence-corrected chi connectivity index (χ3v) is 9.35. The molecule has 8 N–H and O–H groups in total. The average molecular weight is 633 g/mol. The molecular weight excluding hydrogens is 604 g/mol. The van der Waals surface area contributed by atoms with Gasteiger partial charge >= 0.3 is 11.9 Å². The molecule has 2 aromatic rings. The van der Waals surface area contributed by atoms with Gasteiger partial charge in [-0.05, 0) is 36.1 Å². The van der Waals surface area contributed by atoms with Gasteiger partial charge in [0.25, 0.3) is 11.8 Å². The Bertz CT molecular complexity index is 1530. The highest BCUT2D eigenvalue weighted by Crippen LogP contribution is 2.40. The van der Waals surface area contributed by atoms with E-state index in [1.54, 1.807) is 6.07 Å². The van der Waals surface area contributed by atoms with Crippen molar-refractivity contribution < 1.29 is 44.4 Å². The van der Waals surface area contributed by atoms with Gasteiger partial charge in [-0.15, -0.1) is 23.1 Å². The molecule has 17 heteroatoms. The molecule has 2 fully saturated rings. The molecule has 2 atom stereocenters. The molecule has 15 nitrogen and oxygen atoms in total. The maximum Gasteiger partial charge on any atom is 0.352 e. The summed E-state index contributed by atoms with van der Waals surface area (Å²) in [6.45, 7) is 0.397. The molecule has 1 saturated heterocycles. The number of anilines is 1. The summed E-state index contributed by atoms with van der Waals surface area (Å²) < 4.78 is 0. The van der Waals surface area contributed by atoms with Crippen molar-refractivity contribution in [3.63, 3.8) is 0 Å². The molecule has 1 aliphatic carbocycles. The number of thioether (sulfide) groups is 1. The van der Waals surface area contributed by atoms with E-state index in [9.17, 15) is 39.6 Å². The van der Waals surface area contributed by atoms with E-state index in [-0.39, 0.29) is 65.4 Å². The highest BCUT2D eigenvalue weighted by atomic mass is 32.2. The number of β-lactam (4-membered cyclic amide) rings is 1. The number of aromatic hydroxyl groups is 2. The largest absolute Gasteiger partial charge is 0.504 e. The summed E-state index contributed by atoms with van der Waals surface area (Å²) in [5, 5.41) is 49.2. The molecule has 0 radical (unpaired) electrons. The Labute approximate surface area is 252 Å². The van der Waals surface area contributed by atoms with Crippen molar-refractivity contribution in [3.8, 4) is 11.5 Å². The molecule has 43 heavy (non-hydrogen) atoms. The van der Waals surface area contributed by atoms with Crippen molar-refractivity contribution >= 4 is 57.7 Å². The molecule has 5 rings (SSSR count). The molecule has 3 aliphatic rings. The predicted molar refractivity (Wildman–Crippen MR) is 154 cm³/mol. The van der Waals surface area contributed by atoms with Crippen molar-refractivity contribution in [1.82, 2.24) is 20.5 Å². The van der Waals surface area contributed by atoms with Crippen LogP contribution in [0.2, 0.25) is 0 Å². The van der Waals surface area contributed by atoms with E-state index in [0.717, 1.165) is 16.2 Å². The monoisotopic (exact) mass is 632 g/mol. The Morgan fingerprint density at radius 2 is 1.91 bits per heavy atom. The smallest absolute Gasteiger partial charge is 0.352 e. The first-order valence-electron chi connectivity index (χ1n) is 13.1. The van der Waals surface area contributed by atoms with E-state index in [4.69, 9.17) is 10.6 Å². The Morgan fingerprint density at radius 1 is 1.16 bits per heavy atom. The van der Waals surface area contributed by atoms with E-state index >= 15 is 0 Å². The van der Waals surface area contributed by atoms with Crippen molar-refractivity contribution in [2.24, 2.45) is 5.16 Å². The van der Waals surface area contributed by atoms with Crippen molar-refractivity contribution in [2.75, 3.05) is 18.0 Å². The second-order valence-electron chi connectivity index (χ2n) is 10.2. The van der Waals surface area contributed by atoms with Gasteiger partial charge in [-0.2, -0.15) is 0 Å². The summed E-state index contributed by atoms with van der Waals surface area (Å²) in [7, 11) is 0. The number of carbonyl (C=O) groups excluding carboxylic acids is 2. The van der Waals surface area contributed by atoms with Gasteiger partial charge in [0.05, 0.1) is 0 Å². The minimum Gasteiger partial charge on any atom is -0.504 e. The number of carboxylic acid groups (broad SMARTS) is 2. The third kappa shape index (κ3) is 5.95. The molecular formula is C26H28N6O9S2. The molecule has 0 bridgehead atoms. The van der Waals surface area contributed by atoms with Crippen LogP contribution in [-0.4, -0.2) is 89.1 Å². The molecule has 3 heterocycles. The number of rotatable bonds is 11. The number of oxime groups is 1. The van der Waals surface area contributed by atoms with Crippen LogP contribution in [0.1, 0.15) is 36.9 Å². The zero-order chi connectivity index (χ0) is 30.9. The van der Waals surface area contributed by atoms with E-state index < -0.39 is 40.8 Å². The number of carbonyl (C=O) groups is 4. The molecule has 2 amide bonds. The lowest BCUT2D eigenvalue weighted by molar-refractivity contribution is -0.165. The zero-order valence-corrected chi connectivity index (χ0v) is 24.1. The van der Waals surface area contributed by atoms with Crippen LogP contribution in [0.3, 0.4) is 0 Å². The van der Waals surface area contributed by atoms with E-state index in [1.165, 1.54) is 29.3 Å². The fourth-order valence-corrected chi connectivity index (χ4v) is 6.98. The topological polar surface area (TPSA) is 237 Å². The van der Waals surface area contributed by atoms with E-state index in [2.05, 4.69) is 20.8 Å². The number of nitrogens with one attached hydrogen (secondary N) is 2. The Morgan fingerprint density at radius 3 is 2.53 bits per heavy atom. The molecule has 2 aliphatic heterocycles. The lowest BCUT2D eigenvalue weighted by atomic mass is 10.0. The van der Waals surface area contributed by atoms with Crippen LogP contribution in [0.15, 0.2) is 40.0 Å². The number of amides is 2. The molecule has 1 unspecified atom stereocenters. The minimum absolute atomic E-state index is 0.0416. The number of thiazole rings is 1.